The van der Waals surface area contributed by atoms with Crippen molar-refractivity contribution in [2.24, 2.45) is 0 Å². The van der Waals surface area contributed by atoms with Gasteiger partial charge in [-0.05, 0) is 18.2 Å². The lowest BCUT2D eigenvalue weighted by Crippen LogP contribution is -2.51. The molecule has 1 aromatic carbocycles. The van der Waals surface area contributed by atoms with Crippen molar-refractivity contribution in [3.8, 4) is 0 Å². The van der Waals surface area contributed by atoms with Gasteiger partial charge in [0, 0.05) is 31.9 Å². The molecular formula is C13H13Cl2N3O3. The van der Waals surface area contributed by atoms with Gasteiger partial charge in [-0.15, -0.1) is 0 Å². The molecule has 1 aliphatic heterocycles. The topological polar surface area (TPSA) is 69.7 Å². The average molecular weight is 330 g/mol. The van der Waals surface area contributed by atoms with E-state index in [9.17, 15) is 14.4 Å². The van der Waals surface area contributed by atoms with Crippen LogP contribution in [0.1, 0.15) is 0 Å². The highest BCUT2D eigenvalue weighted by molar-refractivity contribution is 6.42. The highest BCUT2D eigenvalue weighted by atomic mass is 35.5. The van der Waals surface area contributed by atoms with Crippen molar-refractivity contribution in [1.82, 2.24) is 9.80 Å². The second-order valence-electron chi connectivity index (χ2n) is 4.52. The van der Waals surface area contributed by atoms with Crippen molar-refractivity contribution in [3.63, 3.8) is 0 Å². The lowest BCUT2D eigenvalue weighted by molar-refractivity contribution is -0.144. The highest BCUT2D eigenvalue weighted by Crippen LogP contribution is 2.24. The lowest BCUT2D eigenvalue weighted by Gasteiger charge is -2.31. The summed E-state index contributed by atoms with van der Waals surface area (Å²) in [6.07, 6.45) is 0.734. The Morgan fingerprint density at radius 1 is 1.10 bits per heavy atom. The Hall–Kier alpha value is -1.79. The van der Waals surface area contributed by atoms with Crippen molar-refractivity contribution in [2.75, 3.05) is 31.5 Å². The summed E-state index contributed by atoms with van der Waals surface area (Å²) in [7, 11) is 0. The molecule has 3 amide bonds. The van der Waals surface area contributed by atoms with Crippen LogP contribution in [0.25, 0.3) is 0 Å². The largest absolute Gasteiger partial charge is 0.342 e. The minimum Gasteiger partial charge on any atom is -0.342 e. The lowest BCUT2D eigenvalue weighted by atomic mass is 10.3. The normalized spacial score (nSPS) is 14.8. The summed E-state index contributed by atoms with van der Waals surface area (Å²) >= 11 is 11.6. The summed E-state index contributed by atoms with van der Waals surface area (Å²) in [4.78, 5) is 37.5. The average Bonchev–Trinajstić information content (AvgIpc) is 2.50. The van der Waals surface area contributed by atoms with Gasteiger partial charge < -0.3 is 15.1 Å². The van der Waals surface area contributed by atoms with Crippen molar-refractivity contribution < 1.29 is 14.4 Å². The zero-order valence-corrected chi connectivity index (χ0v) is 12.5. The Kier molecular flexibility index (Phi) is 5.03. The number of nitrogens with zero attached hydrogens (tertiary/aromatic N) is 2. The Morgan fingerprint density at radius 2 is 1.76 bits per heavy atom. The number of hydrogen-bond donors (Lipinski definition) is 1. The van der Waals surface area contributed by atoms with E-state index in [0.717, 1.165) is 6.41 Å². The number of carbonyl (C=O) groups is 3. The van der Waals surface area contributed by atoms with E-state index in [1.165, 1.54) is 17.0 Å². The van der Waals surface area contributed by atoms with Crippen molar-refractivity contribution in [3.05, 3.63) is 28.2 Å². The van der Waals surface area contributed by atoms with E-state index in [4.69, 9.17) is 23.2 Å². The molecule has 0 aliphatic carbocycles. The molecule has 1 aromatic rings. The fraction of sp³-hybridized carbons (Fsp3) is 0.308. The van der Waals surface area contributed by atoms with Gasteiger partial charge in [-0.1, -0.05) is 23.2 Å². The second-order valence-corrected chi connectivity index (χ2v) is 5.33. The predicted molar refractivity (Wildman–Crippen MR) is 79.3 cm³/mol. The summed E-state index contributed by atoms with van der Waals surface area (Å²) in [5, 5.41) is 3.14. The van der Waals surface area contributed by atoms with Crippen LogP contribution >= 0.6 is 23.2 Å². The van der Waals surface area contributed by atoms with Gasteiger partial charge in [0.05, 0.1) is 10.0 Å². The first-order valence-corrected chi connectivity index (χ1v) is 7.01. The fourth-order valence-corrected chi connectivity index (χ4v) is 2.23. The quantitative estimate of drug-likeness (QED) is 0.655. The highest BCUT2D eigenvalue weighted by Gasteiger charge is 2.25. The molecule has 0 unspecified atom stereocenters. The molecule has 0 bridgehead atoms. The number of carbonyl (C=O) groups excluding carboxylic acids is 3. The first-order chi connectivity index (χ1) is 10.0. The molecule has 1 heterocycles. The number of benzene rings is 1. The van der Waals surface area contributed by atoms with Crippen LogP contribution in [0.2, 0.25) is 10.0 Å². The van der Waals surface area contributed by atoms with E-state index in [2.05, 4.69) is 5.32 Å². The van der Waals surface area contributed by atoms with E-state index in [1.54, 1.807) is 11.0 Å². The summed E-state index contributed by atoms with van der Waals surface area (Å²) in [6.45, 7) is 1.53. The van der Waals surface area contributed by atoms with Crippen LogP contribution in [0.4, 0.5) is 5.69 Å². The van der Waals surface area contributed by atoms with E-state index in [0.29, 0.717) is 41.9 Å². The van der Waals surface area contributed by atoms with Gasteiger partial charge in [0.25, 0.3) is 0 Å². The second kappa shape index (κ2) is 6.78. The fourth-order valence-electron chi connectivity index (χ4n) is 1.93. The number of hydrogen-bond acceptors (Lipinski definition) is 3. The Labute approximate surface area is 131 Å². The summed E-state index contributed by atoms with van der Waals surface area (Å²) in [5.74, 6) is -1.38. The van der Waals surface area contributed by atoms with Crippen LogP contribution in [0.5, 0.6) is 0 Å². The Bertz CT molecular complexity index is 572. The molecule has 0 aromatic heterocycles. The van der Waals surface area contributed by atoms with Gasteiger partial charge in [-0.25, -0.2) is 0 Å². The standard InChI is InChI=1S/C13H13Cl2N3O3/c14-10-2-1-9(7-11(10)15)16-12(20)13(21)18-5-3-17(8-19)4-6-18/h1-2,7-8H,3-6H2,(H,16,20). The van der Waals surface area contributed by atoms with Crippen molar-refractivity contribution >= 4 is 47.1 Å². The molecule has 8 heteroatoms. The molecule has 0 spiro atoms. The third-order valence-corrected chi connectivity index (χ3v) is 3.86. The molecule has 0 saturated carbocycles. The van der Waals surface area contributed by atoms with Gasteiger partial charge in [0.1, 0.15) is 0 Å². The molecule has 2 rings (SSSR count). The van der Waals surface area contributed by atoms with Crippen LogP contribution in [0.15, 0.2) is 18.2 Å². The van der Waals surface area contributed by atoms with Gasteiger partial charge in [0.2, 0.25) is 6.41 Å². The molecule has 1 aliphatic rings. The first kappa shape index (κ1) is 15.6. The number of nitrogens with one attached hydrogen (secondary N) is 1. The van der Waals surface area contributed by atoms with E-state index < -0.39 is 11.8 Å². The smallest absolute Gasteiger partial charge is 0.313 e. The third kappa shape index (κ3) is 3.86. The zero-order chi connectivity index (χ0) is 15.4. The number of rotatable bonds is 2. The van der Waals surface area contributed by atoms with Crippen LogP contribution < -0.4 is 5.32 Å². The molecule has 0 radical (unpaired) electrons. The van der Waals surface area contributed by atoms with Crippen LogP contribution in [0, 0.1) is 0 Å². The molecule has 1 saturated heterocycles. The molecule has 112 valence electrons. The van der Waals surface area contributed by atoms with Crippen LogP contribution in [-0.4, -0.2) is 54.2 Å². The number of anilines is 1. The maximum absolute atomic E-state index is 12.0. The molecule has 6 nitrogen and oxygen atoms in total. The number of amides is 3. The molecule has 21 heavy (non-hydrogen) atoms. The maximum atomic E-state index is 12.0. The maximum Gasteiger partial charge on any atom is 0.313 e. The van der Waals surface area contributed by atoms with Gasteiger partial charge in [0.15, 0.2) is 0 Å². The first-order valence-electron chi connectivity index (χ1n) is 6.26. The van der Waals surface area contributed by atoms with E-state index >= 15 is 0 Å². The molecular weight excluding hydrogens is 317 g/mol. The number of piperazine rings is 1. The van der Waals surface area contributed by atoms with Gasteiger partial charge in [-0.3, -0.25) is 14.4 Å². The minimum atomic E-state index is -0.743. The Balaban J connectivity index is 1.95. The van der Waals surface area contributed by atoms with Gasteiger partial charge >= 0.3 is 11.8 Å². The molecule has 1 fully saturated rings. The summed E-state index contributed by atoms with van der Waals surface area (Å²) in [6, 6.07) is 4.57. The van der Waals surface area contributed by atoms with Crippen molar-refractivity contribution in [2.45, 2.75) is 0 Å². The Morgan fingerprint density at radius 3 is 2.33 bits per heavy atom. The van der Waals surface area contributed by atoms with Crippen molar-refractivity contribution in [1.29, 1.82) is 0 Å². The third-order valence-electron chi connectivity index (χ3n) is 3.12. The molecule has 1 N–H and O–H groups in total. The van der Waals surface area contributed by atoms with Crippen LogP contribution in [0.3, 0.4) is 0 Å². The summed E-state index contributed by atoms with van der Waals surface area (Å²) < 4.78 is 0. The van der Waals surface area contributed by atoms with Crippen LogP contribution in [-0.2, 0) is 14.4 Å². The predicted octanol–water partition coefficient (Wildman–Crippen LogP) is 1.23. The number of halogens is 2. The van der Waals surface area contributed by atoms with Gasteiger partial charge in [-0.2, -0.15) is 0 Å². The molecule has 0 atom stereocenters. The van der Waals surface area contributed by atoms with E-state index in [1.807, 2.05) is 0 Å². The summed E-state index contributed by atoms with van der Waals surface area (Å²) in [5.41, 5.74) is 0.397. The van der Waals surface area contributed by atoms with E-state index in [-0.39, 0.29) is 0 Å². The minimum absolute atomic E-state index is 0.293. The monoisotopic (exact) mass is 329 g/mol. The SMILES string of the molecule is O=CN1CCN(C(=O)C(=O)Nc2ccc(Cl)c(Cl)c2)CC1. The zero-order valence-electron chi connectivity index (χ0n) is 11.0.